The second-order valence-electron chi connectivity index (χ2n) is 2.66. The average Bonchev–Trinajstić information content (AvgIpc) is 2.29. The van der Waals surface area contributed by atoms with E-state index in [1.165, 1.54) is 13.3 Å². The van der Waals surface area contributed by atoms with E-state index in [1.807, 2.05) is 0 Å². The number of nitrogens with zero attached hydrogens (tertiary/aromatic N) is 1. The van der Waals surface area contributed by atoms with E-state index in [2.05, 4.69) is 21.6 Å². The fourth-order valence-electron chi connectivity index (χ4n) is 0.936. The molecule has 0 saturated heterocycles. The molecule has 1 aromatic heterocycles. The number of aromatic nitrogens is 1. The van der Waals surface area contributed by atoms with Gasteiger partial charge in [0.15, 0.2) is 0 Å². The zero-order valence-electron chi connectivity index (χ0n) is 8.29. The van der Waals surface area contributed by atoms with Gasteiger partial charge < -0.3 is 4.74 Å². The Hall–Kier alpha value is -1.53. The molecule has 0 aliphatic carbocycles. The third-order valence-electron chi connectivity index (χ3n) is 1.61. The summed E-state index contributed by atoms with van der Waals surface area (Å²) >= 11 is 5.48. The van der Waals surface area contributed by atoms with Crippen molar-refractivity contribution in [2.75, 3.05) is 13.0 Å². The summed E-state index contributed by atoms with van der Waals surface area (Å²) in [6.45, 7) is 0. The van der Waals surface area contributed by atoms with Gasteiger partial charge in [-0.1, -0.05) is 11.8 Å². The van der Waals surface area contributed by atoms with Crippen molar-refractivity contribution >= 4 is 17.6 Å². The second kappa shape index (κ2) is 6.05. The smallest absolute Gasteiger partial charge is 0.356 e. The lowest BCUT2D eigenvalue weighted by Gasteiger charge is -1.97. The summed E-state index contributed by atoms with van der Waals surface area (Å²) in [6.07, 6.45) is 2.15. The van der Waals surface area contributed by atoms with Crippen molar-refractivity contribution in [3.05, 3.63) is 29.6 Å². The largest absolute Gasteiger partial charge is 0.464 e. The molecule has 1 heterocycles. The first-order valence-electron chi connectivity index (χ1n) is 4.37. The van der Waals surface area contributed by atoms with Crippen LogP contribution in [0.3, 0.4) is 0 Å². The number of esters is 1. The van der Waals surface area contributed by atoms with E-state index in [1.54, 1.807) is 12.1 Å². The second-order valence-corrected chi connectivity index (χ2v) is 3.04. The van der Waals surface area contributed by atoms with Gasteiger partial charge >= 0.3 is 5.97 Å². The highest BCUT2D eigenvalue weighted by Gasteiger charge is 2.05. The molecule has 0 aliphatic heterocycles. The molecule has 0 N–H and O–H groups in total. The Morgan fingerprint density at radius 3 is 3.13 bits per heavy atom. The fourth-order valence-corrected chi connectivity index (χ4v) is 1.03. The summed E-state index contributed by atoms with van der Waals surface area (Å²) < 4.78 is 4.55. The van der Waals surface area contributed by atoms with Gasteiger partial charge in [-0.15, -0.1) is 11.6 Å². The lowest BCUT2D eigenvalue weighted by Crippen LogP contribution is -2.03. The monoisotopic (exact) mass is 223 g/mol. The van der Waals surface area contributed by atoms with Crippen LogP contribution in [0.4, 0.5) is 0 Å². The average molecular weight is 224 g/mol. The van der Waals surface area contributed by atoms with Crippen molar-refractivity contribution in [1.82, 2.24) is 4.98 Å². The lowest BCUT2D eigenvalue weighted by molar-refractivity contribution is 0.0594. The Bertz CT molecular complexity index is 407. The van der Waals surface area contributed by atoms with Gasteiger partial charge in [-0.25, -0.2) is 9.78 Å². The van der Waals surface area contributed by atoms with Crippen LogP contribution in [0.15, 0.2) is 18.3 Å². The van der Waals surface area contributed by atoms with Crippen LogP contribution in [0.2, 0.25) is 0 Å². The van der Waals surface area contributed by atoms with E-state index in [-0.39, 0.29) is 5.69 Å². The van der Waals surface area contributed by atoms with Crippen molar-refractivity contribution in [3.8, 4) is 11.8 Å². The number of pyridine rings is 1. The van der Waals surface area contributed by atoms with Gasteiger partial charge in [0.05, 0.1) is 7.11 Å². The maximum absolute atomic E-state index is 11.1. The number of ether oxygens (including phenoxy) is 1. The zero-order chi connectivity index (χ0) is 11.1. The first kappa shape index (κ1) is 11.5. The maximum Gasteiger partial charge on any atom is 0.356 e. The molecular formula is C11H10ClNO2. The number of carbonyl (C=O) groups is 1. The predicted octanol–water partition coefficient (Wildman–Crippen LogP) is 1.85. The molecule has 0 amide bonds. The van der Waals surface area contributed by atoms with Crippen LogP contribution in [-0.2, 0) is 4.74 Å². The van der Waals surface area contributed by atoms with E-state index in [0.29, 0.717) is 12.3 Å². The van der Waals surface area contributed by atoms with Crippen molar-refractivity contribution in [2.24, 2.45) is 0 Å². The highest BCUT2D eigenvalue weighted by atomic mass is 35.5. The molecule has 0 saturated carbocycles. The van der Waals surface area contributed by atoms with E-state index in [0.717, 1.165) is 5.56 Å². The van der Waals surface area contributed by atoms with Crippen molar-refractivity contribution in [2.45, 2.75) is 6.42 Å². The van der Waals surface area contributed by atoms with Gasteiger partial charge in [0.1, 0.15) is 5.69 Å². The number of methoxy groups -OCH3 is 1. The summed E-state index contributed by atoms with van der Waals surface area (Å²) in [5.41, 5.74) is 0.991. The minimum atomic E-state index is -0.462. The SMILES string of the molecule is COC(=O)c1cc(C#CCCCl)ccn1. The molecule has 1 rings (SSSR count). The number of halogens is 1. The molecule has 0 aliphatic rings. The lowest BCUT2D eigenvalue weighted by atomic mass is 10.2. The summed E-state index contributed by atoms with van der Waals surface area (Å²) in [7, 11) is 1.32. The molecule has 0 radical (unpaired) electrons. The standard InChI is InChI=1S/C11H10ClNO2/c1-15-11(14)10-8-9(5-7-13-10)4-2-3-6-12/h5,7-8H,3,6H2,1H3. The van der Waals surface area contributed by atoms with Gasteiger partial charge in [0.25, 0.3) is 0 Å². The predicted molar refractivity (Wildman–Crippen MR) is 57.8 cm³/mol. The topological polar surface area (TPSA) is 39.2 Å². The molecule has 0 fully saturated rings. The third kappa shape index (κ3) is 3.61. The number of hydrogen-bond acceptors (Lipinski definition) is 3. The van der Waals surface area contributed by atoms with Gasteiger partial charge in [0.2, 0.25) is 0 Å². The third-order valence-corrected chi connectivity index (χ3v) is 1.80. The zero-order valence-corrected chi connectivity index (χ0v) is 9.04. The van der Waals surface area contributed by atoms with Gasteiger partial charge in [-0.3, -0.25) is 0 Å². The molecule has 0 spiro atoms. The molecule has 0 bridgehead atoms. The number of hydrogen-bond donors (Lipinski definition) is 0. The summed E-state index contributed by atoms with van der Waals surface area (Å²) in [5, 5.41) is 0. The van der Waals surface area contributed by atoms with Crippen LogP contribution in [0, 0.1) is 11.8 Å². The Kier molecular flexibility index (Phi) is 4.65. The summed E-state index contributed by atoms with van der Waals surface area (Å²) in [4.78, 5) is 15.0. The van der Waals surface area contributed by atoms with Crippen LogP contribution >= 0.6 is 11.6 Å². The van der Waals surface area contributed by atoms with Crippen LogP contribution in [0.25, 0.3) is 0 Å². The van der Waals surface area contributed by atoms with Crippen molar-refractivity contribution in [1.29, 1.82) is 0 Å². The number of rotatable bonds is 2. The molecule has 1 aromatic rings. The van der Waals surface area contributed by atoms with E-state index in [9.17, 15) is 4.79 Å². The molecule has 15 heavy (non-hydrogen) atoms. The van der Waals surface area contributed by atoms with Crippen LogP contribution in [0.1, 0.15) is 22.5 Å². The van der Waals surface area contributed by atoms with Crippen molar-refractivity contribution < 1.29 is 9.53 Å². The van der Waals surface area contributed by atoms with Crippen molar-refractivity contribution in [3.63, 3.8) is 0 Å². The van der Waals surface area contributed by atoms with Gasteiger partial charge in [-0.05, 0) is 12.1 Å². The normalized spacial score (nSPS) is 8.93. The molecule has 0 aromatic carbocycles. The number of alkyl halides is 1. The van der Waals surface area contributed by atoms with E-state index in [4.69, 9.17) is 11.6 Å². The number of carbonyl (C=O) groups excluding carboxylic acids is 1. The Labute approximate surface area is 93.4 Å². The Morgan fingerprint density at radius 2 is 2.47 bits per heavy atom. The quantitative estimate of drug-likeness (QED) is 0.436. The fraction of sp³-hybridized carbons (Fsp3) is 0.273. The highest BCUT2D eigenvalue weighted by molar-refractivity contribution is 6.18. The van der Waals surface area contributed by atoms with Crippen LogP contribution in [0.5, 0.6) is 0 Å². The Balaban J connectivity index is 2.84. The van der Waals surface area contributed by atoms with Crippen LogP contribution < -0.4 is 0 Å². The molecule has 78 valence electrons. The van der Waals surface area contributed by atoms with Gasteiger partial charge in [0, 0.05) is 24.1 Å². The Morgan fingerprint density at radius 1 is 1.67 bits per heavy atom. The maximum atomic E-state index is 11.1. The molecule has 4 heteroatoms. The molecule has 0 atom stereocenters. The summed E-state index contributed by atoms with van der Waals surface area (Å²) in [6, 6.07) is 3.32. The molecule has 0 unspecified atom stereocenters. The molecular weight excluding hydrogens is 214 g/mol. The minimum Gasteiger partial charge on any atom is -0.464 e. The van der Waals surface area contributed by atoms with E-state index < -0.39 is 5.97 Å². The summed E-state index contributed by atoms with van der Waals surface area (Å²) in [5.74, 6) is 5.80. The van der Waals surface area contributed by atoms with Crippen LogP contribution in [-0.4, -0.2) is 23.9 Å². The first-order valence-corrected chi connectivity index (χ1v) is 4.90. The molecule has 3 nitrogen and oxygen atoms in total. The first-order chi connectivity index (χ1) is 7.27. The van der Waals surface area contributed by atoms with E-state index >= 15 is 0 Å². The highest BCUT2D eigenvalue weighted by Crippen LogP contribution is 2.01. The minimum absolute atomic E-state index is 0.259. The van der Waals surface area contributed by atoms with Gasteiger partial charge in [-0.2, -0.15) is 0 Å².